The predicted octanol–water partition coefficient (Wildman–Crippen LogP) is 0.769. The average Bonchev–Trinajstić information content (AvgIpc) is 2.09. The number of hydrogen-bond acceptors (Lipinski definition) is 4. The molecule has 80 valence electrons. The van der Waals surface area contributed by atoms with Crippen LogP contribution in [0.4, 0.5) is 0 Å². The minimum Gasteiger partial charge on any atom is -0.394 e. The summed E-state index contributed by atoms with van der Waals surface area (Å²) in [6, 6.07) is 0. The zero-order valence-corrected chi connectivity index (χ0v) is 9.46. The smallest absolute Gasteiger partial charge is 0.109 e. The molecule has 0 rings (SSSR count). The van der Waals surface area contributed by atoms with Gasteiger partial charge in [-0.2, -0.15) is 0 Å². The Bertz CT molecular complexity index is 100. The number of ether oxygens (including phenoxy) is 3. The molecule has 0 radical (unpaired) electrons. The second kappa shape index (κ2) is 10.4. The molecular formula is C8H17BrO4. The third-order valence-electron chi connectivity index (χ3n) is 1.18. The molecule has 4 nitrogen and oxygen atoms in total. The van der Waals surface area contributed by atoms with Crippen LogP contribution in [0.15, 0.2) is 0 Å². The maximum Gasteiger partial charge on any atom is 0.109 e. The first-order valence-electron chi connectivity index (χ1n) is 4.29. The van der Waals surface area contributed by atoms with Crippen LogP contribution in [0.3, 0.4) is 0 Å². The molecule has 0 aromatic heterocycles. The zero-order valence-electron chi connectivity index (χ0n) is 7.87. The molecule has 1 N–H and O–H groups in total. The van der Waals surface area contributed by atoms with E-state index in [1.54, 1.807) is 0 Å². The fourth-order valence-electron chi connectivity index (χ4n) is 0.656. The lowest BCUT2D eigenvalue weighted by Crippen LogP contribution is -2.12. The molecule has 1 atom stereocenters. The highest BCUT2D eigenvalue weighted by Crippen LogP contribution is 1.97. The molecule has 5 heteroatoms. The summed E-state index contributed by atoms with van der Waals surface area (Å²) in [5, 5.41) is 8.45. The number of rotatable bonds is 9. The Morgan fingerprint density at radius 1 is 1.08 bits per heavy atom. The summed E-state index contributed by atoms with van der Waals surface area (Å²) in [6.07, 6.45) is 0. The van der Waals surface area contributed by atoms with E-state index in [1.165, 1.54) is 0 Å². The maximum atomic E-state index is 8.38. The molecule has 0 spiro atoms. The van der Waals surface area contributed by atoms with Gasteiger partial charge >= 0.3 is 0 Å². The molecule has 13 heavy (non-hydrogen) atoms. The highest BCUT2D eigenvalue weighted by atomic mass is 79.9. The Balaban J connectivity index is 2.84. The Labute approximate surface area is 87.3 Å². The van der Waals surface area contributed by atoms with Gasteiger partial charge in [0, 0.05) is 0 Å². The SMILES string of the molecule is CC(Br)OCCOCCOCCO. The van der Waals surface area contributed by atoms with E-state index in [0.717, 1.165) is 0 Å². The molecule has 0 amide bonds. The molecule has 0 fully saturated rings. The molecule has 0 aromatic rings. The normalized spacial score (nSPS) is 13.2. The van der Waals surface area contributed by atoms with Crippen LogP contribution in [0.2, 0.25) is 0 Å². The van der Waals surface area contributed by atoms with Gasteiger partial charge in [-0.3, -0.25) is 0 Å². The topological polar surface area (TPSA) is 47.9 Å². The maximum absolute atomic E-state index is 8.38. The van der Waals surface area contributed by atoms with Crippen LogP contribution in [0.1, 0.15) is 6.92 Å². The monoisotopic (exact) mass is 256 g/mol. The standard InChI is InChI=1S/C8H17BrO4/c1-8(9)13-7-6-12-5-4-11-3-2-10/h8,10H,2-7H2,1H3. The summed E-state index contributed by atoms with van der Waals surface area (Å²) < 4.78 is 15.3. The number of aliphatic hydroxyl groups excluding tert-OH is 1. The summed E-state index contributed by atoms with van der Waals surface area (Å²) >= 11 is 3.25. The molecule has 0 aromatic carbocycles. The van der Waals surface area contributed by atoms with E-state index in [2.05, 4.69) is 15.9 Å². The van der Waals surface area contributed by atoms with Crippen molar-refractivity contribution in [3.05, 3.63) is 0 Å². The molecule has 0 aliphatic heterocycles. The minimum atomic E-state index is 0.0597. The number of aliphatic hydroxyl groups is 1. The van der Waals surface area contributed by atoms with Crippen LogP contribution in [-0.4, -0.2) is 49.8 Å². The molecule has 0 aliphatic carbocycles. The molecule has 0 saturated carbocycles. The van der Waals surface area contributed by atoms with Crippen LogP contribution >= 0.6 is 15.9 Å². The largest absolute Gasteiger partial charge is 0.394 e. The quantitative estimate of drug-likeness (QED) is 0.489. The Morgan fingerprint density at radius 2 is 1.62 bits per heavy atom. The lowest BCUT2D eigenvalue weighted by atomic mass is 10.7. The third kappa shape index (κ3) is 12.3. The van der Waals surface area contributed by atoms with Crippen molar-refractivity contribution in [2.45, 2.75) is 11.9 Å². The van der Waals surface area contributed by atoms with Crippen LogP contribution in [0.5, 0.6) is 0 Å². The van der Waals surface area contributed by atoms with E-state index >= 15 is 0 Å². The fourth-order valence-corrected chi connectivity index (χ4v) is 0.843. The third-order valence-corrected chi connectivity index (χ3v) is 1.45. The van der Waals surface area contributed by atoms with E-state index in [0.29, 0.717) is 33.0 Å². The Hall–Kier alpha value is 0.320. The van der Waals surface area contributed by atoms with E-state index in [-0.39, 0.29) is 11.6 Å². The summed E-state index contributed by atoms with van der Waals surface area (Å²) in [6.45, 7) is 4.54. The van der Waals surface area contributed by atoms with Gasteiger partial charge < -0.3 is 19.3 Å². The molecule has 1 unspecified atom stereocenters. The highest BCUT2D eigenvalue weighted by molar-refractivity contribution is 9.09. The van der Waals surface area contributed by atoms with Gasteiger partial charge in [0.15, 0.2) is 0 Å². The van der Waals surface area contributed by atoms with Gasteiger partial charge in [0.05, 0.1) is 39.6 Å². The Kier molecular flexibility index (Phi) is 10.7. The second-order valence-electron chi connectivity index (χ2n) is 2.36. The van der Waals surface area contributed by atoms with E-state index in [9.17, 15) is 0 Å². The van der Waals surface area contributed by atoms with Gasteiger partial charge in [-0.15, -0.1) is 0 Å². The van der Waals surface area contributed by atoms with Gasteiger partial charge in [0.2, 0.25) is 0 Å². The lowest BCUT2D eigenvalue weighted by molar-refractivity contribution is 0.00625. The number of alkyl halides is 1. The van der Waals surface area contributed by atoms with E-state index < -0.39 is 0 Å². The second-order valence-corrected chi connectivity index (χ2v) is 3.65. The van der Waals surface area contributed by atoms with Crippen LogP contribution < -0.4 is 0 Å². The van der Waals surface area contributed by atoms with E-state index in [4.69, 9.17) is 19.3 Å². The Morgan fingerprint density at radius 3 is 2.15 bits per heavy atom. The van der Waals surface area contributed by atoms with Crippen molar-refractivity contribution in [2.75, 3.05) is 39.6 Å². The van der Waals surface area contributed by atoms with Gasteiger partial charge in [-0.05, 0) is 6.92 Å². The number of hydrogen-bond donors (Lipinski definition) is 1. The molecule has 0 aliphatic rings. The van der Waals surface area contributed by atoms with Crippen molar-refractivity contribution in [3.63, 3.8) is 0 Å². The predicted molar refractivity (Wildman–Crippen MR) is 53.1 cm³/mol. The van der Waals surface area contributed by atoms with Crippen LogP contribution in [0, 0.1) is 0 Å². The lowest BCUT2D eigenvalue weighted by Gasteiger charge is -2.07. The first-order chi connectivity index (χ1) is 6.27. The molecule has 0 saturated heterocycles. The molecule has 0 bridgehead atoms. The zero-order chi connectivity index (χ0) is 9.94. The van der Waals surface area contributed by atoms with Gasteiger partial charge in [-0.1, -0.05) is 15.9 Å². The fraction of sp³-hybridized carbons (Fsp3) is 1.00. The van der Waals surface area contributed by atoms with Crippen molar-refractivity contribution in [3.8, 4) is 0 Å². The van der Waals surface area contributed by atoms with E-state index in [1.807, 2.05) is 6.92 Å². The number of halogens is 1. The van der Waals surface area contributed by atoms with Gasteiger partial charge in [-0.25, -0.2) is 0 Å². The highest BCUT2D eigenvalue weighted by Gasteiger charge is 1.94. The first-order valence-corrected chi connectivity index (χ1v) is 5.21. The van der Waals surface area contributed by atoms with Crippen LogP contribution in [0.25, 0.3) is 0 Å². The van der Waals surface area contributed by atoms with Crippen LogP contribution in [-0.2, 0) is 14.2 Å². The van der Waals surface area contributed by atoms with Crippen molar-refractivity contribution in [2.24, 2.45) is 0 Å². The van der Waals surface area contributed by atoms with Crippen molar-refractivity contribution in [1.82, 2.24) is 0 Å². The van der Waals surface area contributed by atoms with Gasteiger partial charge in [0.1, 0.15) is 5.01 Å². The van der Waals surface area contributed by atoms with Crippen molar-refractivity contribution < 1.29 is 19.3 Å². The molecule has 0 heterocycles. The summed E-state index contributed by atoms with van der Waals surface area (Å²) in [5.74, 6) is 0. The summed E-state index contributed by atoms with van der Waals surface area (Å²) in [5.41, 5.74) is 0. The molecular weight excluding hydrogens is 240 g/mol. The summed E-state index contributed by atoms with van der Waals surface area (Å²) in [7, 11) is 0. The van der Waals surface area contributed by atoms with Crippen molar-refractivity contribution >= 4 is 15.9 Å². The van der Waals surface area contributed by atoms with Gasteiger partial charge in [0.25, 0.3) is 0 Å². The summed E-state index contributed by atoms with van der Waals surface area (Å²) in [4.78, 5) is 0. The average molecular weight is 257 g/mol. The first kappa shape index (κ1) is 13.3. The van der Waals surface area contributed by atoms with Crippen molar-refractivity contribution in [1.29, 1.82) is 0 Å². The minimum absolute atomic E-state index is 0.0597.